The highest BCUT2D eigenvalue weighted by Crippen LogP contribution is 2.30. The first-order chi connectivity index (χ1) is 19.5. The third-order valence-corrected chi connectivity index (χ3v) is 8.42. The predicted octanol–water partition coefficient (Wildman–Crippen LogP) is 5.43. The molecule has 0 aliphatic rings. The zero-order valence-electron chi connectivity index (χ0n) is 23.3. The molecule has 0 saturated carbocycles. The molecule has 2 amide bonds. The largest absolute Gasteiger partial charge is 0.495 e. The molecule has 0 fully saturated rings. The number of amides is 2. The summed E-state index contributed by atoms with van der Waals surface area (Å²) < 4.78 is 32.6. The molecule has 0 spiro atoms. The summed E-state index contributed by atoms with van der Waals surface area (Å²) in [6.45, 7) is 2.54. The molecule has 220 valence electrons. The van der Waals surface area contributed by atoms with Crippen molar-refractivity contribution in [2.45, 2.75) is 38.8 Å². The fraction of sp³-hybridized carbons (Fsp3) is 0.333. The number of likely N-dealkylation sites (N-methyl/N-ethyl adjacent to an activating group) is 1. The molecule has 3 rings (SSSR count). The molecule has 3 aromatic carbocycles. The molecule has 41 heavy (non-hydrogen) atoms. The molecule has 0 aliphatic carbocycles. The third-order valence-electron chi connectivity index (χ3n) is 6.44. The van der Waals surface area contributed by atoms with Gasteiger partial charge < -0.3 is 15.0 Å². The van der Waals surface area contributed by atoms with Gasteiger partial charge in [-0.1, -0.05) is 70.0 Å². The van der Waals surface area contributed by atoms with E-state index in [9.17, 15) is 18.0 Å². The Morgan fingerprint density at radius 2 is 1.73 bits per heavy atom. The Kier molecular flexibility index (Phi) is 12.1. The van der Waals surface area contributed by atoms with E-state index in [1.54, 1.807) is 17.0 Å². The predicted molar refractivity (Wildman–Crippen MR) is 167 cm³/mol. The smallest absolute Gasteiger partial charge is 0.243 e. The van der Waals surface area contributed by atoms with Gasteiger partial charge in [0.1, 0.15) is 11.8 Å². The van der Waals surface area contributed by atoms with Crippen LogP contribution in [0.15, 0.2) is 77.3 Å². The van der Waals surface area contributed by atoms with Crippen LogP contribution >= 0.6 is 27.5 Å². The van der Waals surface area contributed by atoms with Crippen LogP contribution in [-0.2, 0) is 32.6 Å². The van der Waals surface area contributed by atoms with Crippen molar-refractivity contribution < 1.29 is 22.7 Å². The maximum atomic E-state index is 13.8. The second-order valence-electron chi connectivity index (χ2n) is 9.51. The Labute approximate surface area is 255 Å². The lowest BCUT2D eigenvalue weighted by Crippen LogP contribution is -2.50. The molecule has 1 atom stereocenters. The maximum absolute atomic E-state index is 13.8. The molecule has 0 aliphatic heterocycles. The number of methoxy groups -OCH3 is 1. The molecule has 0 bridgehead atoms. The number of rotatable bonds is 14. The molecule has 3 aromatic rings. The van der Waals surface area contributed by atoms with Gasteiger partial charge in [-0.2, -0.15) is 0 Å². The Balaban J connectivity index is 1.87. The number of hydrogen-bond donors (Lipinski definition) is 1. The van der Waals surface area contributed by atoms with E-state index in [0.29, 0.717) is 24.4 Å². The zero-order chi connectivity index (χ0) is 30.0. The lowest BCUT2D eigenvalue weighted by Gasteiger charge is -2.32. The first-order valence-corrected chi connectivity index (χ1v) is 16.2. The van der Waals surface area contributed by atoms with Crippen molar-refractivity contribution in [1.29, 1.82) is 0 Å². The highest BCUT2D eigenvalue weighted by atomic mass is 79.9. The van der Waals surface area contributed by atoms with Crippen LogP contribution in [0.1, 0.15) is 30.9 Å². The summed E-state index contributed by atoms with van der Waals surface area (Å²) >= 11 is 9.73. The van der Waals surface area contributed by atoms with Gasteiger partial charge in [-0.15, -0.1) is 0 Å². The number of nitrogens with one attached hydrogen (secondary N) is 1. The Morgan fingerprint density at radius 3 is 2.34 bits per heavy atom. The minimum atomic E-state index is -3.66. The van der Waals surface area contributed by atoms with E-state index >= 15 is 0 Å². The minimum absolute atomic E-state index is 0.0363. The lowest BCUT2D eigenvalue weighted by molar-refractivity contribution is -0.141. The summed E-state index contributed by atoms with van der Waals surface area (Å²) in [7, 11) is -2.19. The summed E-state index contributed by atoms with van der Waals surface area (Å²) in [6.07, 6.45) is 1.72. The molecule has 8 nitrogen and oxygen atoms in total. The average Bonchev–Trinajstić information content (AvgIpc) is 2.93. The van der Waals surface area contributed by atoms with Crippen LogP contribution in [-0.4, -0.2) is 57.6 Å². The quantitative estimate of drug-likeness (QED) is 0.248. The number of halogens is 2. The van der Waals surface area contributed by atoms with Gasteiger partial charge in [-0.05, 0) is 54.8 Å². The van der Waals surface area contributed by atoms with Gasteiger partial charge in [-0.3, -0.25) is 13.9 Å². The van der Waals surface area contributed by atoms with Gasteiger partial charge >= 0.3 is 0 Å². The molecule has 1 unspecified atom stereocenters. The van der Waals surface area contributed by atoms with E-state index in [4.69, 9.17) is 16.3 Å². The Hall–Kier alpha value is -3.08. The van der Waals surface area contributed by atoms with Gasteiger partial charge in [0.15, 0.2) is 0 Å². The van der Waals surface area contributed by atoms with E-state index in [-0.39, 0.29) is 42.8 Å². The number of nitrogens with zero attached hydrogens (tertiary/aromatic N) is 2. The monoisotopic (exact) mass is 663 g/mol. The van der Waals surface area contributed by atoms with E-state index in [1.807, 2.05) is 61.5 Å². The normalized spacial score (nSPS) is 11.9. The Bertz CT molecular complexity index is 1440. The minimum Gasteiger partial charge on any atom is -0.495 e. The number of carbonyl (C=O) groups is 2. The summed E-state index contributed by atoms with van der Waals surface area (Å²) in [6, 6.07) is 21.1. The van der Waals surface area contributed by atoms with Gasteiger partial charge in [0, 0.05) is 36.9 Å². The Morgan fingerprint density at radius 1 is 1.02 bits per heavy atom. The van der Waals surface area contributed by atoms with Crippen LogP contribution in [0.3, 0.4) is 0 Å². The van der Waals surface area contributed by atoms with Crippen molar-refractivity contribution in [1.82, 2.24) is 10.2 Å². The second-order valence-corrected chi connectivity index (χ2v) is 12.7. The zero-order valence-corrected chi connectivity index (χ0v) is 26.5. The lowest BCUT2D eigenvalue weighted by atomic mass is 10.0. The number of sulfonamides is 1. The molecule has 1 N–H and O–H groups in total. The van der Waals surface area contributed by atoms with Crippen LogP contribution < -0.4 is 14.4 Å². The van der Waals surface area contributed by atoms with Crippen molar-refractivity contribution in [3.63, 3.8) is 0 Å². The van der Waals surface area contributed by atoms with Crippen LogP contribution in [0, 0.1) is 0 Å². The van der Waals surface area contributed by atoms with Crippen LogP contribution in [0.25, 0.3) is 0 Å². The molecule has 11 heteroatoms. The summed E-state index contributed by atoms with van der Waals surface area (Å²) in [5.74, 6) is -0.0687. The first kappa shape index (κ1) is 32.4. The SMILES string of the molecule is CCNC(=O)C(Cc1ccccc1)N(Cc1cccc(Br)c1)C(=O)CCCN(c1ccc(OC)c(Cl)c1)S(C)(=O)=O. The van der Waals surface area contributed by atoms with Gasteiger partial charge in [0.25, 0.3) is 0 Å². The van der Waals surface area contributed by atoms with Gasteiger partial charge in [0.05, 0.1) is 24.1 Å². The summed E-state index contributed by atoms with van der Waals surface area (Å²) in [5.41, 5.74) is 2.16. The van der Waals surface area contributed by atoms with Crippen molar-refractivity contribution in [2.24, 2.45) is 0 Å². The number of benzene rings is 3. The van der Waals surface area contributed by atoms with E-state index in [1.165, 1.54) is 17.5 Å². The highest BCUT2D eigenvalue weighted by molar-refractivity contribution is 9.10. The average molecular weight is 665 g/mol. The maximum Gasteiger partial charge on any atom is 0.243 e. The van der Waals surface area contributed by atoms with Crippen LogP contribution in [0.4, 0.5) is 5.69 Å². The molecule has 0 radical (unpaired) electrons. The topological polar surface area (TPSA) is 96.0 Å². The van der Waals surface area contributed by atoms with Crippen LogP contribution in [0.5, 0.6) is 5.75 Å². The standard InChI is InChI=1S/C30H35BrClN3O5S/c1-4-33-30(37)27(19-22-10-6-5-7-11-22)34(21-23-12-8-13-24(31)18-23)29(36)14-9-17-35(41(3,38)39)25-15-16-28(40-2)26(32)20-25/h5-8,10-13,15-16,18,20,27H,4,9,14,17,19,21H2,1-3H3,(H,33,37). The molecule has 0 heterocycles. The van der Waals surface area contributed by atoms with Gasteiger partial charge in [-0.25, -0.2) is 8.42 Å². The summed E-state index contributed by atoms with van der Waals surface area (Å²) in [4.78, 5) is 28.7. The first-order valence-electron chi connectivity index (χ1n) is 13.2. The molecule has 0 saturated heterocycles. The number of ether oxygens (including phenoxy) is 1. The molecular formula is C30H35BrClN3O5S. The number of carbonyl (C=O) groups excluding carboxylic acids is 2. The number of hydrogen-bond acceptors (Lipinski definition) is 5. The second kappa shape index (κ2) is 15.2. The van der Waals surface area contributed by atoms with Crippen molar-refractivity contribution in [3.8, 4) is 5.75 Å². The van der Waals surface area contributed by atoms with Crippen molar-refractivity contribution in [2.75, 3.05) is 30.8 Å². The summed E-state index contributed by atoms with van der Waals surface area (Å²) in [5, 5.41) is 3.15. The third kappa shape index (κ3) is 9.48. The fourth-order valence-corrected chi connectivity index (χ4v) is 6.15. The van der Waals surface area contributed by atoms with Crippen molar-refractivity contribution in [3.05, 3.63) is 93.4 Å². The van der Waals surface area contributed by atoms with Gasteiger partial charge in [0.2, 0.25) is 21.8 Å². The number of anilines is 1. The van der Waals surface area contributed by atoms with E-state index in [0.717, 1.165) is 21.9 Å². The van der Waals surface area contributed by atoms with E-state index in [2.05, 4.69) is 21.2 Å². The molecule has 0 aromatic heterocycles. The van der Waals surface area contributed by atoms with Crippen LogP contribution in [0.2, 0.25) is 5.02 Å². The van der Waals surface area contributed by atoms with Crippen molar-refractivity contribution >= 4 is 55.1 Å². The fourth-order valence-electron chi connectivity index (χ4n) is 4.49. The van der Waals surface area contributed by atoms with E-state index < -0.39 is 16.1 Å². The molecular weight excluding hydrogens is 630 g/mol. The highest BCUT2D eigenvalue weighted by Gasteiger charge is 2.30.